The zero-order chi connectivity index (χ0) is 19.9. The average Bonchev–Trinajstić information content (AvgIpc) is 2.78. The average molecular weight is 381 g/mol. The van der Waals surface area contributed by atoms with E-state index in [4.69, 9.17) is 9.47 Å². The van der Waals surface area contributed by atoms with Crippen molar-refractivity contribution < 1.29 is 9.47 Å². The molecule has 3 heteroatoms. The number of benzene rings is 4. The lowest BCUT2D eigenvalue weighted by Crippen LogP contribution is -1.99. The zero-order valence-corrected chi connectivity index (χ0v) is 16.4. The Hall–Kier alpha value is -3.59. The molecule has 0 bridgehead atoms. The number of fused-ring (bicyclic) bond motifs is 1. The number of aliphatic imine (C=N–C) groups is 1. The fourth-order valence-electron chi connectivity index (χ4n) is 3.20. The van der Waals surface area contributed by atoms with E-state index in [-0.39, 0.29) is 0 Å². The molecule has 0 heterocycles. The van der Waals surface area contributed by atoms with E-state index in [1.54, 1.807) is 0 Å². The first-order valence-corrected chi connectivity index (χ1v) is 9.79. The standard InChI is InChI=1S/C26H23NO2/c1-2-28-23-15-13-22(14-16-23)27-18-25-24-11-7-6-10-21(24)12-17-26(25)29-19-20-8-4-3-5-9-20/h3-18H,2,19H2,1H3. The molecule has 0 saturated carbocycles. The first-order chi connectivity index (χ1) is 14.3. The van der Waals surface area contributed by atoms with Crippen LogP contribution < -0.4 is 9.47 Å². The number of hydrogen-bond donors (Lipinski definition) is 0. The molecule has 0 aliphatic rings. The minimum atomic E-state index is 0.517. The van der Waals surface area contributed by atoms with Crippen LogP contribution in [-0.4, -0.2) is 12.8 Å². The van der Waals surface area contributed by atoms with Gasteiger partial charge in [-0.05, 0) is 53.6 Å². The van der Waals surface area contributed by atoms with E-state index in [0.717, 1.165) is 39.1 Å². The van der Waals surface area contributed by atoms with Gasteiger partial charge < -0.3 is 9.47 Å². The highest BCUT2D eigenvalue weighted by molar-refractivity contribution is 6.03. The van der Waals surface area contributed by atoms with Crippen molar-refractivity contribution >= 4 is 22.7 Å². The van der Waals surface area contributed by atoms with E-state index < -0.39 is 0 Å². The van der Waals surface area contributed by atoms with E-state index in [9.17, 15) is 0 Å². The van der Waals surface area contributed by atoms with Gasteiger partial charge in [0.05, 0.1) is 12.3 Å². The van der Waals surface area contributed by atoms with Gasteiger partial charge in [-0.3, -0.25) is 4.99 Å². The second-order valence-corrected chi connectivity index (χ2v) is 6.66. The zero-order valence-electron chi connectivity index (χ0n) is 16.4. The molecule has 29 heavy (non-hydrogen) atoms. The highest BCUT2D eigenvalue weighted by Gasteiger charge is 2.08. The summed E-state index contributed by atoms with van der Waals surface area (Å²) < 4.78 is 11.7. The van der Waals surface area contributed by atoms with Crippen molar-refractivity contribution in [2.45, 2.75) is 13.5 Å². The second kappa shape index (κ2) is 9.07. The van der Waals surface area contributed by atoms with Crippen LogP contribution in [0.15, 0.2) is 96.0 Å². The minimum absolute atomic E-state index is 0.517. The molecule has 3 nitrogen and oxygen atoms in total. The summed E-state index contributed by atoms with van der Waals surface area (Å²) in [5, 5.41) is 2.28. The Bertz CT molecular complexity index is 1100. The molecular formula is C26H23NO2. The first kappa shape index (κ1) is 18.8. The van der Waals surface area contributed by atoms with Gasteiger partial charge in [-0.1, -0.05) is 60.7 Å². The van der Waals surface area contributed by atoms with Crippen LogP contribution in [0.2, 0.25) is 0 Å². The van der Waals surface area contributed by atoms with Crippen molar-refractivity contribution in [3.63, 3.8) is 0 Å². The lowest BCUT2D eigenvalue weighted by Gasteiger charge is -2.12. The summed E-state index contributed by atoms with van der Waals surface area (Å²) >= 11 is 0. The smallest absolute Gasteiger partial charge is 0.129 e. The van der Waals surface area contributed by atoms with Crippen LogP contribution in [0.5, 0.6) is 11.5 Å². The maximum Gasteiger partial charge on any atom is 0.129 e. The van der Waals surface area contributed by atoms with Gasteiger partial charge in [0.25, 0.3) is 0 Å². The van der Waals surface area contributed by atoms with E-state index in [0.29, 0.717) is 13.2 Å². The Morgan fingerprint density at radius 2 is 1.52 bits per heavy atom. The van der Waals surface area contributed by atoms with Gasteiger partial charge in [0.1, 0.15) is 18.1 Å². The molecule has 4 aromatic carbocycles. The van der Waals surface area contributed by atoms with Crippen molar-refractivity contribution in [3.05, 3.63) is 102 Å². The van der Waals surface area contributed by atoms with Gasteiger partial charge in [0.2, 0.25) is 0 Å². The molecule has 144 valence electrons. The lowest BCUT2D eigenvalue weighted by atomic mass is 10.0. The lowest BCUT2D eigenvalue weighted by molar-refractivity contribution is 0.306. The van der Waals surface area contributed by atoms with Crippen LogP contribution in [0.25, 0.3) is 10.8 Å². The summed E-state index contributed by atoms with van der Waals surface area (Å²) in [4.78, 5) is 4.68. The molecule has 4 aromatic rings. The van der Waals surface area contributed by atoms with Crippen LogP contribution in [0.4, 0.5) is 5.69 Å². The molecule has 0 fully saturated rings. The second-order valence-electron chi connectivity index (χ2n) is 6.66. The molecule has 0 amide bonds. The first-order valence-electron chi connectivity index (χ1n) is 9.79. The summed E-state index contributed by atoms with van der Waals surface area (Å²) in [6, 6.07) is 30.4. The van der Waals surface area contributed by atoms with Crippen molar-refractivity contribution in [1.82, 2.24) is 0 Å². The third kappa shape index (κ3) is 4.64. The highest BCUT2D eigenvalue weighted by atomic mass is 16.5. The summed E-state index contributed by atoms with van der Waals surface area (Å²) in [7, 11) is 0. The van der Waals surface area contributed by atoms with Crippen LogP contribution in [0.3, 0.4) is 0 Å². The normalized spacial score (nSPS) is 11.1. The Labute approximate surface area is 171 Å². The van der Waals surface area contributed by atoms with E-state index in [2.05, 4.69) is 35.3 Å². The van der Waals surface area contributed by atoms with E-state index in [1.165, 1.54) is 0 Å². The van der Waals surface area contributed by atoms with Crippen molar-refractivity contribution in [2.24, 2.45) is 4.99 Å². The predicted molar refractivity (Wildman–Crippen MR) is 120 cm³/mol. The molecule has 0 aromatic heterocycles. The van der Waals surface area contributed by atoms with Crippen molar-refractivity contribution in [3.8, 4) is 11.5 Å². The fraction of sp³-hybridized carbons (Fsp3) is 0.115. The van der Waals surface area contributed by atoms with Gasteiger partial charge >= 0.3 is 0 Å². The van der Waals surface area contributed by atoms with Crippen molar-refractivity contribution in [2.75, 3.05) is 6.61 Å². The molecule has 0 spiro atoms. The van der Waals surface area contributed by atoms with Crippen LogP contribution in [-0.2, 0) is 6.61 Å². The Morgan fingerprint density at radius 3 is 2.31 bits per heavy atom. The fourth-order valence-corrected chi connectivity index (χ4v) is 3.20. The predicted octanol–water partition coefficient (Wildman–Crippen LogP) is 6.57. The van der Waals surface area contributed by atoms with Crippen LogP contribution in [0.1, 0.15) is 18.1 Å². The molecular weight excluding hydrogens is 358 g/mol. The summed E-state index contributed by atoms with van der Waals surface area (Å²) in [6.45, 7) is 3.15. The van der Waals surface area contributed by atoms with Crippen molar-refractivity contribution in [1.29, 1.82) is 0 Å². The summed E-state index contributed by atoms with van der Waals surface area (Å²) in [5.41, 5.74) is 2.98. The van der Waals surface area contributed by atoms with E-state index >= 15 is 0 Å². The Kier molecular flexibility index (Phi) is 5.87. The summed E-state index contributed by atoms with van der Waals surface area (Å²) in [5.74, 6) is 1.67. The molecule has 0 atom stereocenters. The third-order valence-corrected chi connectivity index (χ3v) is 4.66. The molecule has 0 unspecified atom stereocenters. The summed E-state index contributed by atoms with van der Waals surface area (Å²) in [6.07, 6.45) is 1.89. The molecule has 0 aliphatic heterocycles. The molecule has 0 saturated heterocycles. The third-order valence-electron chi connectivity index (χ3n) is 4.66. The maximum atomic E-state index is 6.16. The topological polar surface area (TPSA) is 30.8 Å². The molecule has 0 aliphatic carbocycles. The number of rotatable bonds is 7. The van der Waals surface area contributed by atoms with Gasteiger partial charge in [0, 0.05) is 11.8 Å². The molecule has 0 radical (unpaired) electrons. The van der Waals surface area contributed by atoms with Gasteiger partial charge in [-0.15, -0.1) is 0 Å². The van der Waals surface area contributed by atoms with Crippen LogP contribution >= 0.6 is 0 Å². The molecule has 4 rings (SSSR count). The number of hydrogen-bond acceptors (Lipinski definition) is 3. The quantitative estimate of drug-likeness (QED) is 0.339. The maximum absolute atomic E-state index is 6.16. The van der Waals surface area contributed by atoms with Crippen LogP contribution in [0, 0.1) is 0 Å². The Morgan fingerprint density at radius 1 is 0.759 bits per heavy atom. The Balaban J connectivity index is 1.65. The van der Waals surface area contributed by atoms with Gasteiger partial charge in [-0.2, -0.15) is 0 Å². The SMILES string of the molecule is CCOc1ccc(N=Cc2c(OCc3ccccc3)ccc3ccccc23)cc1. The number of ether oxygens (including phenoxy) is 2. The highest BCUT2D eigenvalue weighted by Crippen LogP contribution is 2.28. The minimum Gasteiger partial charge on any atom is -0.494 e. The van der Waals surface area contributed by atoms with Gasteiger partial charge in [-0.25, -0.2) is 0 Å². The van der Waals surface area contributed by atoms with Gasteiger partial charge in [0.15, 0.2) is 0 Å². The van der Waals surface area contributed by atoms with E-state index in [1.807, 2.05) is 73.8 Å². The molecule has 0 N–H and O–H groups in total. The number of nitrogens with zero attached hydrogens (tertiary/aromatic N) is 1. The largest absolute Gasteiger partial charge is 0.494 e. The monoisotopic (exact) mass is 381 g/mol.